The van der Waals surface area contributed by atoms with Gasteiger partial charge in [0, 0.05) is 5.56 Å². The lowest BCUT2D eigenvalue weighted by molar-refractivity contribution is -0.0459. The molecule has 27 heavy (non-hydrogen) atoms. The van der Waals surface area contributed by atoms with Crippen LogP contribution in [0.15, 0.2) is 43.0 Å². The lowest BCUT2D eigenvalue weighted by Gasteiger charge is -2.15. The lowest BCUT2D eigenvalue weighted by Crippen LogP contribution is -2.30. The van der Waals surface area contributed by atoms with E-state index < -0.39 is 31.2 Å². The molecule has 1 aliphatic heterocycles. The predicted octanol–water partition coefficient (Wildman–Crippen LogP) is 0.667. The Morgan fingerprint density at radius 3 is 2.74 bits per heavy atom. The summed E-state index contributed by atoms with van der Waals surface area (Å²) in [5, 5.41) is 21.7. The average molecular weight is 373 g/mol. The van der Waals surface area contributed by atoms with Crippen molar-refractivity contribution in [2.45, 2.75) is 24.6 Å². The summed E-state index contributed by atoms with van der Waals surface area (Å²) >= 11 is 0. The van der Waals surface area contributed by atoms with Crippen LogP contribution in [0.5, 0.6) is 0 Å². The molecule has 1 aliphatic rings. The number of fused-ring (bicyclic) bond motifs is 1. The molecule has 4 atom stereocenters. The number of ether oxygens (including phenoxy) is 1. The minimum atomic E-state index is -1.77. The molecule has 140 valence electrons. The third-order valence-electron chi connectivity index (χ3n) is 4.37. The number of hydrogen-bond donors (Lipinski definition) is 3. The highest BCUT2D eigenvalue weighted by atomic mass is 19.1. The van der Waals surface area contributed by atoms with Crippen LogP contribution < -0.4 is 5.32 Å². The molecule has 1 saturated heterocycles. The maximum atomic E-state index is 14.4. The monoisotopic (exact) mass is 373 g/mol. The zero-order chi connectivity index (χ0) is 19.0. The van der Waals surface area contributed by atoms with Gasteiger partial charge in [0.15, 0.2) is 29.4 Å². The van der Waals surface area contributed by atoms with Crippen molar-refractivity contribution in [1.29, 1.82) is 0 Å². The SMILES string of the molecule is O=C(Nc1ncnc2c1ncn2[C@@H]1O[C@H](CO)[C@H](O)[C@H]1F)c1ccccc1. The average Bonchev–Trinajstić information content (AvgIpc) is 3.25. The van der Waals surface area contributed by atoms with Crippen LogP contribution in [0.1, 0.15) is 16.6 Å². The summed E-state index contributed by atoms with van der Waals surface area (Å²) in [6.45, 7) is -0.516. The Morgan fingerprint density at radius 1 is 1.26 bits per heavy atom. The van der Waals surface area contributed by atoms with Crippen LogP contribution in [0.3, 0.4) is 0 Å². The highest BCUT2D eigenvalue weighted by Crippen LogP contribution is 2.34. The molecule has 9 nitrogen and oxygen atoms in total. The van der Waals surface area contributed by atoms with E-state index in [9.17, 15) is 19.4 Å². The van der Waals surface area contributed by atoms with Gasteiger partial charge in [-0.25, -0.2) is 19.3 Å². The molecule has 0 spiro atoms. The van der Waals surface area contributed by atoms with E-state index in [-0.39, 0.29) is 22.9 Å². The maximum Gasteiger partial charge on any atom is 0.256 e. The topological polar surface area (TPSA) is 122 Å². The molecule has 10 heteroatoms. The van der Waals surface area contributed by atoms with E-state index in [2.05, 4.69) is 20.3 Å². The second kappa shape index (κ2) is 6.99. The van der Waals surface area contributed by atoms with Gasteiger partial charge < -0.3 is 20.3 Å². The number of imidazole rings is 1. The van der Waals surface area contributed by atoms with Crippen molar-refractivity contribution in [2.24, 2.45) is 0 Å². The van der Waals surface area contributed by atoms with Crippen LogP contribution in [-0.4, -0.2) is 60.6 Å². The van der Waals surface area contributed by atoms with Gasteiger partial charge in [0.05, 0.1) is 12.9 Å². The number of carbonyl (C=O) groups is 1. The second-order valence-corrected chi connectivity index (χ2v) is 6.05. The summed E-state index contributed by atoms with van der Waals surface area (Å²) in [5.74, 6) is -0.207. The summed E-state index contributed by atoms with van der Waals surface area (Å²) in [4.78, 5) is 24.6. The number of benzene rings is 1. The van der Waals surface area contributed by atoms with Gasteiger partial charge in [-0.3, -0.25) is 9.36 Å². The van der Waals surface area contributed by atoms with Crippen LogP contribution in [0.4, 0.5) is 10.2 Å². The summed E-state index contributed by atoms with van der Waals surface area (Å²) in [6.07, 6.45) is -2.96. The molecule has 2 aromatic heterocycles. The third-order valence-corrected chi connectivity index (χ3v) is 4.37. The van der Waals surface area contributed by atoms with Gasteiger partial charge in [0.25, 0.3) is 5.91 Å². The molecule has 4 rings (SSSR count). The number of aromatic nitrogens is 4. The highest BCUT2D eigenvalue weighted by Gasteiger charge is 2.45. The fraction of sp³-hybridized carbons (Fsp3) is 0.294. The minimum Gasteiger partial charge on any atom is -0.394 e. The largest absolute Gasteiger partial charge is 0.394 e. The Bertz CT molecular complexity index is 966. The Hall–Kier alpha value is -2.95. The van der Waals surface area contributed by atoms with Crippen molar-refractivity contribution in [3.05, 3.63) is 48.5 Å². The van der Waals surface area contributed by atoms with Crippen LogP contribution in [0.2, 0.25) is 0 Å². The maximum absolute atomic E-state index is 14.4. The normalized spacial score (nSPS) is 25.0. The number of nitrogens with one attached hydrogen (secondary N) is 1. The Morgan fingerprint density at radius 2 is 2.04 bits per heavy atom. The number of anilines is 1. The van der Waals surface area contributed by atoms with Gasteiger partial charge >= 0.3 is 0 Å². The van der Waals surface area contributed by atoms with E-state index in [4.69, 9.17) is 4.74 Å². The van der Waals surface area contributed by atoms with Crippen molar-refractivity contribution in [3.63, 3.8) is 0 Å². The van der Waals surface area contributed by atoms with Crippen molar-refractivity contribution in [3.8, 4) is 0 Å². The van der Waals surface area contributed by atoms with Gasteiger partial charge in [0.2, 0.25) is 0 Å². The molecule has 1 fully saturated rings. The molecular formula is C17H16FN5O4. The van der Waals surface area contributed by atoms with Crippen LogP contribution in [-0.2, 0) is 4.74 Å². The van der Waals surface area contributed by atoms with Crippen LogP contribution >= 0.6 is 0 Å². The molecule has 0 unspecified atom stereocenters. The number of carbonyl (C=O) groups excluding carboxylic acids is 1. The first-order valence-corrected chi connectivity index (χ1v) is 8.22. The molecule has 0 aliphatic carbocycles. The quantitative estimate of drug-likeness (QED) is 0.614. The number of alkyl halides is 1. The number of amides is 1. The Labute approximate surface area is 152 Å². The van der Waals surface area contributed by atoms with Gasteiger partial charge in [-0.05, 0) is 12.1 Å². The van der Waals surface area contributed by atoms with E-state index in [0.29, 0.717) is 5.56 Å². The molecule has 3 aromatic rings. The van der Waals surface area contributed by atoms with Gasteiger partial charge in [-0.15, -0.1) is 0 Å². The molecule has 1 aromatic carbocycles. The lowest BCUT2D eigenvalue weighted by atomic mass is 10.1. The first kappa shape index (κ1) is 17.5. The van der Waals surface area contributed by atoms with Gasteiger partial charge in [-0.2, -0.15) is 0 Å². The van der Waals surface area contributed by atoms with Crippen LogP contribution in [0.25, 0.3) is 11.2 Å². The first-order valence-electron chi connectivity index (χ1n) is 8.22. The predicted molar refractivity (Wildman–Crippen MR) is 91.6 cm³/mol. The van der Waals surface area contributed by atoms with Gasteiger partial charge in [-0.1, -0.05) is 18.2 Å². The summed E-state index contributed by atoms with van der Waals surface area (Å²) < 4.78 is 21.1. The molecule has 0 radical (unpaired) electrons. The van der Waals surface area contributed by atoms with Crippen molar-refractivity contribution in [2.75, 3.05) is 11.9 Å². The fourth-order valence-corrected chi connectivity index (χ4v) is 2.98. The van der Waals surface area contributed by atoms with Crippen LogP contribution in [0, 0.1) is 0 Å². The molecule has 0 saturated carbocycles. The first-order chi connectivity index (χ1) is 13.1. The zero-order valence-corrected chi connectivity index (χ0v) is 13.9. The van der Waals surface area contributed by atoms with Crippen molar-refractivity contribution in [1.82, 2.24) is 19.5 Å². The molecular weight excluding hydrogens is 357 g/mol. The number of hydrogen-bond acceptors (Lipinski definition) is 7. The zero-order valence-electron chi connectivity index (χ0n) is 13.9. The molecule has 1 amide bonds. The van der Waals surface area contributed by atoms with Crippen molar-refractivity contribution < 1.29 is 24.1 Å². The van der Waals surface area contributed by atoms with E-state index in [1.54, 1.807) is 30.3 Å². The van der Waals surface area contributed by atoms with E-state index >= 15 is 0 Å². The fourth-order valence-electron chi connectivity index (χ4n) is 2.98. The number of rotatable bonds is 4. The summed E-state index contributed by atoms with van der Waals surface area (Å²) in [5.41, 5.74) is 0.923. The second-order valence-electron chi connectivity index (χ2n) is 6.05. The molecule has 3 heterocycles. The summed E-state index contributed by atoms with van der Waals surface area (Å²) in [7, 11) is 0. The van der Waals surface area contributed by atoms with E-state index in [1.165, 1.54) is 17.2 Å². The third kappa shape index (κ3) is 3.03. The number of aliphatic hydroxyl groups excluding tert-OH is 2. The minimum absolute atomic E-state index is 0.167. The van der Waals surface area contributed by atoms with E-state index in [1.807, 2.05) is 0 Å². The number of nitrogens with zero attached hydrogens (tertiary/aromatic N) is 4. The summed E-state index contributed by atoms with van der Waals surface area (Å²) in [6, 6.07) is 8.58. The standard InChI is InChI=1S/C17H16FN5O4/c18-11-13(25)10(6-24)27-17(11)23-8-21-12-14(19-7-20-15(12)23)22-16(26)9-4-2-1-3-5-9/h1-5,7-8,10-11,13,17,24-25H,6H2,(H,19,20,22,26)/t10-,11-,13+,17-/m1/s1. The Kier molecular flexibility index (Phi) is 4.52. The molecule has 3 N–H and O–H groups in total. The van der Waals surface area contributed by atoms with Gasteiger partial charge in [0.1, 0.15) is 18.5 Å². The van der Waals surface area contributed by atoms with Crippen molar-refractivity contribution >= 4 is 22.9 Å². The highest BCUT2D eigenvalue weighted by molar-refractivity contribution is 6.06. The smallest absolute Gasteiger partial charge is 0.256 e. The molecule has 0 bridgehead atoms. The van der Waals surface area contributed by atoms with E-state index in [0.717, 1.165) is 0 Å². The Balaban J connectivity index is 1.65. The number of halogens is 1. The number of aliphatic hydroxyl groups is 2.